The van der Waals surface area contributed by atoms with Gasteiger partial charge in [0, 0.05) is 6.61 Å². The SMILES string of the molecule is CCCO[C@H]1[C@H](C)OC(=O)[C@@H](N(C(=O)OC(C)(C)C)C(=O)OC(C)(C)C)CCCC[C@@H]1Oc1ccccc1. The lowest BCUT2D eigenvalue weighted by atomic mass is 9.98. The molecule has 0 bridgehead atoms. The molecule has 0 aliphatic carbocycles. The molecule has 1 aliphatic heterocycles. The Bertz CT molecular complexity index is 877. The van der Waals surface area contributed by atoms with Crippen LogP contribution < -0.4 is 4.74 Å². The van der Waals surface area contributed by atoms with Crippen LogP contribution in [0.1, 0.15) is 87.5 Å². The van der Waals surface area contributed by atoms with Crippen molar-refractivity contribution in [2.75, 3.05) is 6.61 Å². The largest absolute Gasteiger partial charge is 0.488 e. The number of esters is 1. The number of rotatable bonds is 6. The van der Waals surface area contributed by atoms with Crippen molar-refractivity contribution in [1.29, 1.82) is 0 Å². The van der Waals surface area contributed by atoms with Gasteiger partial charge in [-0.15, -0.1) is 0 Å². The highest BCUT2D eigenvalue weighted by molar-refractivity contribution is 5.94. The molecule has 1 heterocycles. The van der Waals surface area contributed by atoms with Crippen LogP contribution in [-0.2, 0) is 23.7 Å². The van der Waals surface area contributed by atoms with Gasteiger partial charge < -0.3 is 23.7 Å². The van der Waals surface area contributed by atoms with Gasteiger partial charge in [0.05, 0.1) is 0 Å². The highest BCUT2D eigenvalue weighted by Gasteiger charge is 2.43. The summed E-state index contributed by atoms with van der Waals surface area (Å²) in [6, 6.07) is 8.25. The first kappa shape index (κ1) is 31.4. The number of ether oxygens (including phenoxy) is 5. The molecule has 4 atom stereocenters. The summed E-state index contributed by atoms with van der Waals surface area (Å²) in [5, 5.41) is 0. The molecule has 0 N–H and O–H groups in total. The van der Waals surface area contributed by atoms with Crippen molar-refractivity contribution in [3.8, 4) is 5.75 Å². The van der Waals surface area contributed by atoms with E-state index in [4.69, 9.17) is 23.7 Å². The van der Waals surface area contributed by atoms with Gasteiger partial charge in [-0.1, -0.05) is 31.5 Å². The van der Waals surface area contributed by atoms with Crippen LogP contribution in [0.25, 0.3) is 0 Å². The van der Waals surface area contributed by atoms with Gasteiger partial charge in [0.25, 0.3) is 0 Å². The summed E-state index contributed by atoms with van der Waals surface area (Å²) in [5.74, 6) is -0.0169. The number of benzene rings is 1. The van der Waals surface area contributed by atoms with Crippen LogP contribution in [0.2, 0.25) is 0 Å². The third kappa shape index (κ3) is 10.2. The molecule has 0 aromatic heterocycles. The summed E-state index contributed by atoms with van der Waals surface area (Å²) < 4.78 is 29.2. The van der Waals surface area contributed by atoms with E-state index in [1.54, 1.807) is 48.5 Å². The smallest absolute Gasteiger partial charge is 0.420 e. The van der Waals surface area contributed by atoms with Crippen molar-refractivity contribution < 1.29 is 38.1 Å². The summed E-state index contributed by atoms with van der Waals surface area (Å²) in [4.78, 5) is 40.6. The number of hydrogen-bond donors (Lipinski definition) is 0. The Labute approximate surface area is 227 Å². The topological polar surface area (TPSA) is 101 Å². The van der Waals surface area contributed by atoms with Gasteiger partial charge in [0.15, 0.2) is 0 Å². The van der Waals surface area contributed by atoms with Crippen molar-refractivity contribution in [3.63, 3.8) is 0 Å². The zero-order valence-electron chi connectivity index (χ0n) is 24.2. The molecule has 0 saturated carbocycles. The molecule has 1 aliphatic rings. The van der Waals surface area contributed by atoms with Gasteiger partial charge in [-0.25, -0.2) is 14.4 Å². The number of nitrogens with zero attached hydrogens (tertiary/aromatic N) is 1. The molecule has 38 heavy (non-hydrogen) atoms. The Morgan fingerprint density at radius 2 is 1.50 bits per heavy atom. The summed E-state index contributed by atoms with van der Waals surface area (Å²) in [6.45, 7) is 14.3. The van der Waals surface area contributed by atoms with Gasteiger partial charge in [0.1, 0.15) is 41.3 Å². The van der Waals surface area contributed by atoms with Crippen LogP contribution in [0, 0.1) is 0 Å². The fourth-order valence-electron chi connectivity index (χ4n) is 4.08. The lowest BCUT2D eigenvalue weighted by Crippen LogP contribution is -2.54. The molecule has 0 radical (unpaired) electrons. The molecule has 1 aromatic carbocycles. The predicted octanol–water partition coefficient (Wildman–Crippen LogP) is 6.28. The highest BCUT2D eigenvalue weighted by Crippen LogP contribution is 2.27. The van der Waals surface area contributed by atoms with Crippen molar-refractivity contribution in [2.45, 2.75) is 123 Å². The van der Waals surface area contributed by atoms with E-state index in [1.807, 2.05) is 37.3 Å². The first-order valence-electron chi connectivity index (χ1n) is 13.5. The van der Waals surface area contributed by atoms with Crippen LogP contribution in [0.5, 0.6) is 5.75 Å². The number of carbonyl (C=O) groups excluding carboxylic acids is 3. The minimum atomic E-state index is -1.21. The van der Waals surface area contributed by atoms with Crippen LogP contribution in [0.4, 0.5) is 9.59 Å². The summed E-state index contributed by atoms with van der Waals surface area (Å²) in [7, 11) is 0. The first-order valence-corrected chi connectivity index (χ1v) is 13.5. The average molecular weight is 536 g/mol. The van der Waals surface area contributed by atoms with E-state index >= 15 is 0 Å². The third-order valence-corrected chi connectivity index (χ3v) is 5.66. The maximum absolute atomic E-state index is 13.5. The molecule has 0 unspecified atom stereocenters. The lowest BCUT2D eigenvalue weighted by Gasteiger charge is -2.36. The summed E-state index contributed by atoms with van der Waals surface area (Å²) in [5.41, 5.74) is -1.77. The third-order valence-electron chi connectivity index (χ3n) is 5.66. The van der Waals surface area contributed by atoms with E-state index in [0.717, 1.165) is 11.3 Å². The van der Waals surface area contributed by atoms with Gasteiger partial charge >= 0.3 is 18.2 Å². The maximum Gasteiger partial charge on any atom is 0.420 e. The van der Waals surface area contributed by atoms with Crippen molar-refractivity contribution >= 4 is 18.2 Å². The summed E-state index contributed by atoms with van der Waals surface area (Å²) in [6.07, 6.45) is -0.692. The normalized spacial score (nSPS) is 23.1. The molecule has 1 aromatic rings. The minimum absolute atomic E-state index is 0.197. The fourth-order valence-corrected chi connectivity index (χ4v) is 4.08. The molecule has 1 fully saturated rings. The Kier molecular flexibility index (Phi) is 11.4. The Balaban J connectivity index is 2.35. The Hall–Kier alpha value is -2.81. The number of hydrogen-bond acceptors (Lipinski definition) is 8. The van der Waals surface area contributed by atoms with Crippen LogP contribution >= 0.6 is 0 Å². The summed E-state index contributed by atoms with van der Waals surface area (Å²) >= 11 is 0. The molecule has 9 nitrogen and oxygen atoms in total. The maximum atomic E-state index is 13.5. The number of para-hydroxylation sites is 1. The molecule has 9 heteroatoms. The van der Waals surface area contributed by atoms with Crippen LogP contribution in [-0.4, -0.2) is 65.2 Å². The number of imide groups is 1. The zero-order chi connectivity index (χ0) is 28.5. The minimum Gasteiger partial charge on any atom is -0.488 e. The van der Waals surface area contributed by atoms with Crippen LogP contribution in [0.15, 0.2) is 30.3 Å². The number of carbonyl (C=O) groups is 3. The Morgan fingerprint density at radius 3 is 2.03 bits per heavy atom. The molecule has 2 rings (SSSR count). The molecule has 0 spiro atoms. The molecular formula is C29H45NO8. The van der Waals surface area contributed by atoms with Gasteiger partial charge in [-0.3, -0.25) is 0 Å². The standard InChI is InChI=1S/C29H45NO8/c1-9-19-34-24-20(2)35-25(31)22(17-13-14-18-23(24)36-21-15-11-10-12-16-21)30(26(32)37-28(3,4)5)27(33)38-29(6,7)8/h10-12,15-16,20,22-24H,9,13-14,17-19H2,1-8H3/t20-,22-,23-,24-/m0/s1. The quantitative estimate of drug-likeness (QED) is 0.310. The second kappa shape index (κ2) is 13.8. The molecule has 214 valence electrons. The van der Waals surface area contributed by atoms with Crippen molar-refractivity contribution in [1.82, 2.24) is 4.90 Å². The second-order valence-electron chi connectivity index (χ2n) is 11.6. The highest BCUT2D eigenvalue weighted by atomic mass is 16.6. The average Bonchev–Trinajstić information content (AvgIpc) is 2.78. The molecular weight excluding hydrogens is 490 g/mol. The second-order valence-corrected chi connectivity index (χ2v) is 11.6. The predicted molar refractivity (Wildman–Crippen MR) is 143 cm³/mol. The zero-order valence-corrected chi connectivity index (χ0v) is 24.2. The van der Waals surface area contributed by atoms with Gasteiger partial charge in [-0.05, 0) is 86.3 Å². The monoisotopic (exact) mass is 535 g/mol. The van der Waals surface area contributed by atoms with Gasteiger partial charge in [-0.2, -0.15) is 4.90 Å². The van der Waals surface area contributed by atoms with Crippen molar-refractivity contribution in [2.24, 2.45) is 0 Å². The first-order chi connectivity index (χ1) is 17.7. The van der Waals surface area contributed by atoms with Crippen LogP contribution in [0.3, 0.4) is 0 Å². The number of cyclic esters (lactones) is 1. The van der Waals surface area contributed by atoms with Gasteiger partial charge in [0.2, 0.25) is 0 Å². The number of amides is 2. The van der Waals surface area contributed by atoms with E-state index in [0.29, 0.717) is 31.6 Å². The van der Waals surface area contributed by atoms with E-state index in [-0.39, 0.29) is 12.5 Å². The Morgan fingerprint density at radius 1 is 0.947 bits per heavy atom. The molecule has 1 saturated heterocycles. The van der Waals surface area contributed by atoms with E-state index < -0.39 is 47.6 Å². The van der Waals surface area contributed by atoms with E-state index in [1.165, 1.54) is 0 Å². The van der Waals surface area contributed by atoms with E-state index in [9.17, 15) is 14.4 Å². The fraction of sp³-hybridized carbons (Fsp3) is 0.690. The molecule has 2 amide bonds. The lowest BCUT2D eigenvalue weighted by molar-refractivity contribution is -0.169. The van der Waals surface area contributed by atoms with Crippen molar-refractivity contribution in [3.05, 3.63) is 30.3 Å². The van der Waals surface area contributed by atoms with E-state index in [2.05, 4.69) is 0 Å².